The van der Waals surface area contributed by atoms with Gasteiger partial charge in [0.25, 0.3) is 5.91 Å². The van der Waals surface area contributed by atoms with Gasteiger partial charge in [-0.25, -0.2) is 5.01 Å². The Hall–Kier alpha value is -2.95. The van der Waals surface area contributed by atoms with E-state index in [0.717, 1.165) is 29.2 Å². The van der Waals surface area contributed by atoms with Crippen molar-refractivity contribution in [2.45, 2.75) is 39.7 Å². The lowest BCUT2D eigenvalue weighted by molar-refractivity contribution is -0.142. The predicted molar refractivity (Wildman–Crippen MR) is 153 cm³/mol. The van der Waals surface area contributed by atoms with Crippen LogP contribution in [0.5, 0.6) is 11.5 Å². The number of nitrogens with zero attached hydrogens (tertiary/aromatic N) is 4. The number of thiophene rings is 1. The maximum Gasteiger partial charge on any atom is 0.262 e. The summed E-state index contributed by atoms with van der Waals surface area (Å²) in [4.78, 5) is 32.4. The first-order valence-corrected chi connectivity index (χ1v) is 14.3. The Morgan fingerprint density at radius 2 is 1.92 bits per heavy atom. The third-order valence-electron chi connectivity index (χ3n) is 6.92. The molecule has 3 heterocycles. The fourth-order valence-corrected chi connectivity index (χ4v) is 5.58. The summed E-state index contributed by atoms with van der Waals surface area (Å²) in [6, 6.07) is 9.20. The van der Waals surface area contributed by atoms with E-state index in [2.05, 4.69) is 4.90 Å². The molecule has 2 aliphatic rings. The molecular weight excluding hydrogens is 516 g/mol. The molecule has 0 saturated carbocycles. The molecule has 1 aromatic carbocycles. The highest BCUT2D eigenvalue weighted by Crippen LogP contribution is 2.40. The number of hydrazone groups is 1. The average Bonchev–Trinajstić information content (AvgIpc) is 3.60. The molecule has 2 amide bonds. The molecule has 0 radical (unpaired) electrons. The van der Waals surface area contributed by atoms with Crippen molar-refractivity contribution in [1.29, 1.82) is 0 Å². The van der Waals surface area contributed by atoms with Gasteiger partial charge in [0, 0.05) is 44.6 Å². The molecule has 0 bridgehead atoms. The van der Waals surface area contributed by atoms with E-state index in [9.17, 15) is 9.59 Å². The Morgan fingerprint density at radius 1 is 1.15 bits per heavy atom. The molecule has 0 unspecified atom stereocenters. The van der Waals surface area contributed by atoms with Crippen molar-refractivity contribution in [1.82, 2.24) is 14.8 Å². The van der Waals surface area contributed by atoms with Crippen LogP contribution < -0.4 is 9.47 Å². The molecule has 0 N–H and O–H groups in total. The van der Waals surface area contributed by atoms with Gasteiger partial charge in [0.05, 0.1) is 44.1 Å². The molecule has 0 aliphatic carbocycles. The van der Waals surface area contributed by atoms with E-state index < -0.39 is 0 Å². The average molecular weight is 557 g/mol. The zero-order chi connectivity index (χ0) is 28.0. The molecule has 9 nitrogen and oxygen atoms in total. The number of benzene rings is 1. The predicted octanol–water partition coefficient (Wildman–Crippen LogP) is 4.04. The summed E-state index contributed by atoms with van der Waals surface area (Å²) in [5, 5.41) is 8.35. The maximum absolute atomic E-state index is 14.0. The lowest BCUT2D eigenvalue weighted by Crippen LogP contribution is -2.47. The van der Waals surface area contributed by atoms with E-state index in [1.54, 1.807) is 35.5 Å². The number of rotatable bonds is 10. The second-order valence-electron chi connectivity index (χ2n) is 11.1. The van der Waals surface area contributed by atoms with Gasteiger partial charge in [0.2, 0.25) is 5.91 Å². The Bertz CT molecular complexity index is 1150. The van der Waals surface area contributed by atoms with Crippen LogP contribution in [0.3, 0.4) is 0 Å². The summed E-state index contributed by atoms with van der Waals surface area (Å²) in [6.45, 7) is 10.3. The minimum Gasteiger partial charge on any atom is -0.497 e. The molecule has 1 atom stereocenters. The number of carbonyl (C=O) groups is 2. The maximum atomic E-state index is 14.0. The molecule has 0 spiro atoms. The molecule has 4 rings (SSSR count). The van der Waals surface area contributed by atoms with Crippen molar-refractivity contribution in [2.75, 3.05) is 60.2 Å². The molecule has 10 heteroatoms. The van der Waals surface area contributed by atoms with E-state index in [1.807, 2.05) is 56.5 Å². The first-order valence-electron chi connectivity index (χ1n) is 13.4. The van der Waals surface area contributed by atoms with Gasteiger partial charge in [-0.2, -0.15) is 5.10 Å². The largest absolute Gasteiger partial charge is 0.497 e. The number of hydrogen-bond donors (Lipinski definition) is 0. The van der Waals surface area contributed by atoms with Crippen molar-refractivity contribution in [3.8, 4) is 11.5 Å². The van der Waals surface area contributed by atoms with Gasteiger partial charge in [-0.3, -0.25) is 14.5 Å². The van der Waals surface area contributed by atoms with Crippen LogP contribution in [0.15, 0.2) is 40.8 Å². The first-order chi connectivity index (χ1) is 18.7. The topological polar surface area (TPSA) is 83.9 Å². The van der Waals surface area contributed by atoms with Crippen LogP contribution in [0.2, 0.25) is 0 Å². The Morgan fingerprint density at radius 3 is 2.56 bits per heavy atom. The van der Waals surface area contributed by atoms with Crippen molar-refractivity contribution in [3.05, 3.63) is 46.2 Å². The number of morpholine rings is 1. The summed E-state index contributed by atoms with van der Waals surface area (Å²) in [6.07, 6.45) is 0.903. The molecule has 1 fully saturated rings. The van der Waals surface area contributed by atoms with Crippen molar-refractivity contribution in [3.63, 3.8) is 0 Å². The molecule has 2 aliphatic heterocycles. The Balaban J connectivity index is 1.60. The van der Waals surface area contributed by atoms with Crippen molar-refractivity contribution >= 4 is 28.9 Å². The highest BCUT2D eigenvalue weighted by Gasteiger charge is 2.37. The molecular formula is C29H40N4O5S. The highest BCUT2D eigenvalue weighted by molar-refractivity contribution is 7.12. The second kappa shape index (κ2) is 12.9. The van der Waals surface area contributed by atoms with Crippen LogP contribution in [-0.2, 0) is 14.3 Å². The van der Waals surface area contributed by atoms with Gasteiger partial charge in [0.1, 0.15) is 18.0 Å². The van der Waals surface area contributed by atoms with Gasteiger partial charge in [-0.1, -0.05) is 26.8 Å². The normalized spacial score (nSPS) is 18.1. The van der Waals surface area contributed by atoms with Crippen LogP contribution >= 0.6 is 11.3 Å². The minimum atomic E-state index is -0.376. The van der Waals surface area contributed by atoms with Gasteiger partial charge < -0.3 is 19.1 Å². The van der Waals surface area contributed by atoms with E-state index in [-0.39, 0.29) is 29.8 Å². The summed E-state index contributed by atoms with van der Waals surface area (Å²) in [5.41, 5.74) is 1.47. The summed E-state index contributed by atoms with van der Waals surface area (Å²) in [5.74, 6) is 1.09. The lowest BCUT2D eigenvalue weighted by atomic mass is 9.91. The lowest BCUT2D eigenvalue weighted by Gasteiger charge is -2.32. The quantitative estimate of drug-likeness (QED) is 0.439. The van der Waals surface area contributed by atoms with Gasteiger partial charge in [0.15, 0.2) is 0 Å². The van der Waals surface area contributed by atoms with Crippen LogP contribution in [0.1, 0.15) is 50.1 Å². The Labute approximate surface area is 235 Å². The van der Waals surface area contributed by atoms with E-state index in [0.29, 0.717) is 50.6 Å². The van der Waals surface area contributed by atoms with E-state index in [1.165, 1.54) is 0 Å². The standard InChI is InChI=1S/C29H40N4O5S/c1-29(2,3)19-27(34)32(11-10-31-12-14-38-15-13-31)20-28(35)33-24(18-23(30-33)26-7-6-16-39-26)22-17-21(36-4)8-9-25(22)37-5/h6-9,16-17,24H,10-15,18-20H2,1-5H3/t24-/m1/s1. The third-order valence-corrected chi connectivity index (χ3v) is 7.84. The zero-order valence-corrected chi connectivity index (χ0v) is 24.5. The fraction of sp³-hybridized carbons (Fsp3) is 0.552. The Kier molecular flexibility index (Phi) is 9.63. The zero-order valence-electron chi connectivity index (χ0n) is 23.6. The third kappa shape index (κ3) is 7.58. The minimum absolute atomic E-state index is 0.0266. The summed E-state index contributed by atoms with van der Waals surface area (Å²) < 4.78 is 16.6. The van der Waals surface area contributed by atoms with E-state index in [4.69, 9.17) is 19.3 Å². The SMILES string of the molecule is COc1ccc(OC)c([C@H]2CC(c3cccs3)=NN2C(=O)CN(CCN2CCOCC2)C(=O)CC(C)(C)C)c1. The molecule has 2 aromatic rings. The highest BCUT2D eigenvalue weighted by atomic mass is 32.1. The number of ether oxygens (including phenoxy) is 3. The molecule has 1 saturated heterocycles. The second-order valence-corrected chi connectivity index (χ2v) is 12.0. The monoisotopic (exact) mass is 556 g/mol. The number of methoxy groups -OCH3 is 2. The van der Waals surface area contributed by atoms with Crippen LogP contribution in [-0.4, -0.2) is 92.5 Å². The van der Waals surface area contributed by atoms with Crippen LogP contribution in [0.4, 0.5) is 0 Å². The smallest absolute Gasteiger partial charge is 0.262 e. The number of carbonyl (C=O) groups excluding carboxylic acids is 2. The first kappa shape index (κ1) is 29.0. The van der Waals surface area contributed by atoms with Crippen molar-refractivity contribution in [2.24, 2.45) is 10.5 Å². The van der Waals surface area contributed by atoms with Crippen LogP contribution in [0.25, 0.3) is 0 Å². The molecule has 1 aromatic heterocycles. The summed E-state index contributed by atoms with van der Waals surface area (Å²) in [7, 11) is 3.23. The van der Waals surface area contributed by atoms with Gasteiger partial charge in [-0.15, -0.1) is 11.3 Å². The van der Waals surface area contributed by atoms with Gasteiger partial charge >= 0.3 is 0 Å². The fourth-order valence-electron chi connectivity index (χ4n) is 4.85. The molecule has 39 heavy (non-hydrogen) atoms. The number of amides is 2. The van der Waals surface area contributed by atoms with Crippen LogP contribution in [0, 0.1) is 5.41 Å². The van der Waals surface area contributed by atoms with E-state index >= 15 is 0 Å². The van der Waals surface area contributed by atoms with Gasteiger partial charge in [-0.05, 0) is 35.1 Å². The number of hydrogen-bond acceptors (Lipinski definition) is 8. The molecule has 212 valence electrons. The van der Waals surface area contributed by atoms with Crippen molar-refractivity contribution < 1.29 is 23.8 Å². The summed E-state index contributed by atoms with van der Waals surface area (Å²) >= 11 is 1.59.